The van der Waals surface area contributed by atoms with E-state index in [1.807, 2.05) is 83.7 Å². The molecule has 0 bridgehead atoms. The summed E-state index contributed by atoms with van der Waals surface area (Å²) in [6.45, 7) is 0.854. The SMILES string of the molecule is CSc1nccn1-c1cccc(C(=O)NCc2ccc(OCc3ccccn3)cc2)c1. The third kappa shape index (κ3) is 5.32. The third-order valence-corrected chi connectivity index (χ3v) is 5.33. The molecule has 0 spiro atoms. The molecule has 0 fully saturated rings. The lowest BCUT2D eigenvalue weighted by atomic mass is 10.1. The molecule has 2 heterocycles. The number of aromatic nitrogens is 3. The van der Waals surface area contributed by atoms with Gasteiger partial charge in [-0.1, -0.05) is 36.0 Å². The van der Waals surface area contributed by atoms with Crippen LogP contribution in [-0.4, -0.2) is 26.7 Å². The fraction of sp³-hybridized carbons (Fsp3) is 0.125. The van der Waals surface area contributed by atoms with Crippen LogP contribution in [0.25, 0.3) is 5.69 Å². The fourth-order valence-electron chi connectivity index (χ4n) is 3.06. The maximum absolute atomic E-state index is 12.6. The molecule has 2 aromatic carbocycles. The van der Waals surface area contributed by atoms with E-state index in [2.05, 4.69) is 15.3 Å². The van der Waals surface area contributed by atoms with Gasteiger partial charge >= 0.3 is 0 Å². The highest BCUT2D eigenvalue weighted by Gasteiger charge is 2.09. The molecule has 0 radical (unpaired) electrons. The van der Waals surface area contributed by atoms with E-state index in [4.69, 9.17) is 4.74 Å². The molecule has 0 aliphatic carbocycles. The molecule has 0 aliphatic heterocycles. The second-order valence-electron chi connectivity index (χ2n) is 6.77. The number of rotatable bonds is 8. The van der Waals surface area contributed by atoms with Crippen LogP contribution in [0.5, 0.6) is 5.75 Å². The zero-order valence-electron chi connectivity index (χ0n) is 17.1. The second kappa shape index (κ2) is 9.95. The Hall–Kier alpha value is -3.58. The number of benzene rings is 2. The van der Waals surface area contributed by atoms with E-state index in [1.165, 1.54) is 0 Å². The topological polar surface area (TPSA) is 69.0 Å². The molecule has 156 valence electrons. The molecule has 1 N–H and O–H groups in total. The molecule has 0 saturated carbocycles. The zero-order chi connectivity index (χ0) is 21.5. The van der Waals surface area contributed by atoms with Crippen molar-refractivity contribution in [3.8, 4) is 11.4 Å². The van der Waals surface area contributed by atoms with Gasteiger partial charge in [-0.2, -0.15) is 0 Å². The molecule has 2 aromatic heterocycles. The first-order valence-electron chi connectivity index (χ1n) is 9.80. The van der Waals surface area contributed by atoms with Gasteiger partial charge in [-0.05, 0) is 54.3 Å². The van der Waals surface area contributed by atoms with Crippen molar-refractivity contribution in [2.75, 3.05) is 6.26 Å². The van der Waals surface area contributed by atoms with Crippen LogP contribution in [0.2, 0.25) is 0 Å². The van der Waals surface area contributed by atoms with E-state index in [1.54, 1.807) is 24.2 Å². The number of imidazole rings is 1. The van der Waals surface area contributed by atoms with E-state index < -0.39 is 0 Å². The standard InChI is InChI=1S/C24H22N4O2S/c1-31-24-26-13-14-28(24)21-7-4-5-19(15-21)23(29)27-16-18-8-10-22(11-9-18)30-17-20-6-2-3-12-25-20/h2-15H,16-17H2,1H3,(H,27,29). The van der Waals surface area contributed by atoms with Crippen LogP contribution in [0.4, 0.5) is 0 Å². The van der Waals surface area contributed by atoms with E-state index in [9.17, 15) is 4.79 Å². The number of pyridine rings is 1. The lowest BCUT2D eigenvalue weighted by molar-refractivity contribution is 0.0951. The molecular weight excluding hydrogens is 408 g/mol. The van der Waals surface area contributed by atoms with Crippen molar-refractivity contribution in [2.45, 2.75) is 18.3 Å². The van der Waals surface area contributed by atoms with Gasteiger partial charge in [0.15, 0.2) is 5.16 Å². The summed E-state index contributed by atoms with van der Waals surface area (Å²) in [6.07, 6.45) is 7.37. The number of nitrogens with one attached hydrogen (secondary N) is 1. The molecule has 4 rings (SSSR count). The Morgan fingerprint density at radius 2 is 1.90 bits per heavy atom. The second-order valence-corrected chi connectivity index (χ2v) is 7.54. The van der Waals surface area contributed by atoms with Crippen LogP contribution < -0.4 is 10.1 Å². The number of amides is 1. The summed E-state index contributed by atoms with van der Waals surface area (Å²) < 4.78 is 7.71. The highest BCUT2D eigenvalue weighted by Crippen LogP contribution is 2.19. The van der Waals surface area contributed by atoms with E-state index in [0.717, 1.165) is 27.9 Å². The van der Waals surface area contributed by atoms with E-state index in [-0.39, 0.29) is 5.91 Å². The van der Waals surface area contributed by atoms with Crippen LogP contribution in [0.15, 0.2) is 90.5 Å². The van der Waals surface area contributed by atoms with Gasteiger partial charge < -0.3 is 10.1 Å². The molecule has 0 unspecified atom stereocenters. The zero-order valence-corrected chi connectivity index (χ0v) is 17.9. The maximum atomic E-state index is 12.6. The van der Waals surface area contributed by atoms with Crippen LogP contribution in [0, 0.1) is 0 Å². The normalized spacial score (nSPS) is 10.6. The quantitative estimate of drug-likeness (QED) is 0.417. The van der Waals surface area contributed by atoms with Gasteiger partial charge in [-0.3, -0.25) is 14.3 Å². The van der Waals surface area contributed by atoms with Crippen LogP contribution in [0.3, 0.4) is 0 Å². The lowest BCUT2D eigenvalue weighted by Gasteiger charge is -2.10. The van der Waals surface area contributed by atoms with Crippen molar-refractivity contribution in [3.63, 3.8) is 0 Å². The van der Waals surface area contributed by atoms with Crippen molar-refractivity contribution in [1.82, 2.24) is 19.9 Å². The molecule has 6 nitrogen and oxygen atoms in total. The first kappa shape index (κ1) is 20.7. The Morgan fingerprint density at radius 3 is 2.68 bits per heavy atom. The van der Waals surface area contributed by atoms with E-state index >= 15 is 0 Å². The number of carbonyl (C=O) groups is 1. The number of carbonyl (C=O) groups excluding carboxylic acids is 1. The molecular formula is C24H22N4O2S. The summed E-state index contributed by atoms with van der Waals surface area (Å²) in [5.74, 6) is 0.640. The fourth-order valence-corrected chi connectivity index (χ4v) is 3.59. The maximum Gasteiger partial charge on any atom is 0.251 e. The smallest absolute Gasteiger partial charge is 0.251 e. The Kier molecular flexibility index (Phi) is 6.64. The Balaban J connectivity index is 1.34. The minimum Gasteiger partial charge on any atom is -0.487 e. The molecule has 0 saturated heterocycles. The summed E-state index contributed by atoms with van der Waals surface area (Å²) >= 11 is 1.56. The van der Waals surface area contributed by atoms with Gasteiger partial charge in [0.25, 0.3) is 5.91 Å². The van der Waals surface area contributed by atoms with Gasteiger partial charge in [-0.25, -0.2) is 4.98 Å². The van der Waals surface area contributed by atoms with Crippen molar-refractivity contribution < 1.29 is 9.53 Å². The Labute approximate surface area is 185 Å². The number of nitrogens with zero attached hydrogens (tertiary/aromatic N) is 3. The van der Waals surface area contributed by atoms with Crippen molar-refractivity contribution in [3.05, 3.63) is 102 Å². The lowest BCUT2D eigenvalue weighted by Crippen LogP contribution is -2.22. The largest absolute Gasteiger partial charge is 0.487 e. The highest BCUT2D eigenvalue weighted by atomic mass is 32.2. The van der Waals surface area contributed by atoms with Crippen molar-refractivity contribution in [2.24, 2.45) is 0 Å². The van der Waals surface area contributed by atoms with Crippen molar-refractivity contribution in [1.29, 1.82) is 0 Å². The number of hydrogen-bond donors (Lipinski definition) is 1. The minimum atomic E-state index is -0.122. The summed E-state index contributed by atoms with van der Waals surface area (Å²) in [6, 6.07) is 20.9. The average Bonchev–Trinajstić information content (AvgIpc) is 3.32. The van der Waals surface area contributed by atoms with Gasteiger partial charge in [-0.15, -0.1) is 0 Å². The molecule has 31 heavy (non-hydrogen) atoms. The third-order valence-electron chi connectivity index (χ3n) is 4.67. The number of thioether (sulfide) groups is 1. The van der Waals surface area contributed by atoms with E-state index in [0.29, 0.717) is 18.7 Å². The predicted molar refractivity (Wildman–Crippen MR) is 122 cm³/mol. The summed E-state index contributed by atoms with van der Waals surface area (Å²) in [7, 11) is 0. The van der Waals surface area contributed by atoms with Crippen LogP contribution in [0.1, 0.15) is 21.6 Å². The predicted octanol–water partition coefficient (Wildman–Crippen LogP) is 4.50. The van der Waals surface area contributed by atoms with Gasteiger partial charge in [0, 0.05) is 36.4 Å². The number of ether oxygens (including phenoxy) is 1. The van der Waals surface area contributed by atoms with Crippen LogP contribution >= 0.6 is 11.8 Å². The summed E-state index contributed by atoms with van der Waals surface area (Å²) in [5, 5.41) is 3.85. The van der Waals surface area contributed by atoms with Crippen LogP contribution in [-0.2, 0) is 13.2 Å². The molecule has 7 heteroatoms. The minimum absolute atomic E-state index is 0.122. The molecule has 0 atom stereocenters. The molecule has 0 aliphatic rings. The molecule has 1 amide bonds. The first-order chi connectivity index (χ1) is 15.2. The Morgan fingerprint density at radius 1 is 1.03 bits per heavy atom. The van der Waals surface area contributed by atoms with Gasteiger partial charge in [0.1, 0.15) is 12.4 Å². The van der Waals surface area contributed by atoms with Gasteiger partial charge in [0.05, 0.1) is 5.69 Å². The number of hydrogen-bond acceptors (Lipinski definition) is 5. The highest BCUT2D eigenvalue weighted by molar-refractivity contribution is 7.98. The summed E-state index contributed by atoms with van der Waals surface area (Å²) in [4.78, 5) is 21.2. The summed E-state index contributed by atoms with van der Waals surface area (Å²) in [5.41, 5.74) is 3.38. The monoisotopic (exact) mass is 430 g/mol. The van der Waals surface area contributed by atoms with Gasteiger partial charge in [0.2, 0.25) is 0 Å². The Bertz CT molecular complexity index is 1140. The molecule has 4 aromatic rings. The van der Waals surface area contributed by atoms with Crippen molar-refractivity contribution >= 4 is 17.7 Å². The first-order valence-corrected chi connectivity index (χ1v) is 11.0. The average molecular weight is 431 g/mol.